The van der Waals surface area contributed by atoms with Gasteiger partial charge in [-0.25, -0.2) is 9.37 Å². The first-order valence-electron chi connectivity index (χ1n) is 11.9. The van der Waals surface area contributed by atoms with Gasteiger partial charge in [0.25, 0.3) is 5.91 Å². The Morgan fingerprint density at radius 1 is 0.892 bits per heavy atom. The average Bonchev–Trinajstić information content (AvgIpc) is 3.56. The molecule has 2 amide bonds. The van der Waals surface area contributed by atoms with E-state index >= 15 is 0 Å². The van der Waals surface area contributed by atoms with Gasteiger partial charge in [0.15, 0.2) is 0 Å². The molecule has 3 aromatic heterocycles. The van der Waals surface area contributed by atoms with E-state index in [-0.39, 0.29) is 17.6 Å². The summed E-state index contributed by atoms with van der Waals surface area (Å²) in [4.78, 5) is 27.9. The summed E-state index contributed by atoms with van der Waals surface area (Å²) in [5.41, 5.74) is 6.58. The highest BCUT2D eigenvalue weighted by Crippen LogP contribution is 2.31. The second-order valence-corrected chi connectivity index (χ2v) is 8.62. The van der Waals surface area contributed by atoms with Crippen molar-refractivity contribution in [2.24, 2.45) is 0 Å². The number of nitrogens with zero attached hydrogens (tertiary/aromatic N) is 3. The number of imidazole rings is 1. The molecule has 37 heavy (non-hydrogen) atoms. The number of aromatic amines is 1. The molecule has 0 aliphatic heterocycles. The minimum absolute atomic E-state index is 0.0838. The maximum Gasteiger partial charge on any atom is 0.251 e. The summed E-state index contributed by atoms with van der Waals surface area (Å²) in [6.07, 6.45) is 6.20. The minimum atomic E-state index is -0.292. The van der Waals surface area contributed by atoms with Crippen LogP contribution in [0.5, 0.6) is 0 Å². The van der Waals surface area contributed by atoms with Gasteiger partial charge < -0.3 is 10.6 Å². The van der Waals surface area contributed by atoms with Gasteiger partial charge in [0, 0.05) is 54.0 Å². The zero-order valence-corrected chi connectivity index (χ0v) is 20.2. The molecule has 0 radical (unpaired) electrons. The van der Waals surface area contributed by atoms with Crippen LogP contribution in [0.1, 0.15) is 23.7 Å². The van der Waals surface area contributed by atoms with Crippen molar-refractivity contribution in [2.75, 3.05) is 13.1 Å². The molecule has 0 saturated carbocycles. The molecule has 0 unspecified atom stereocenters. The first-order valence-corrected chi connectivity index (χ1v) is 11.9. The number of nitrogens with one attached hydrogen (secondary N) is 3. The molecule has 0 bridgehead atoms. The van der Waals surface area contributed by atoms with Gasteiger partial charge in [0.1, 0.15) is 11.5 Å². The number of pyridine rings is 1. The fraction of sp³-hybridized carbons (Fsp3) is 0.143. The number of carbonyl (C=O) groups is 2. The van der Waals surface area contributed by atoms with Gasteiger partial charge in [0.2, 0.25) is 5.91 Å². The largest absolute Gasteiger partial charge is 0.356 e. The van der Waals surface area contributed by atoms with Crippen LogP contribution in [0.15, 0.2) is 79.3 Å². The van der Waals surface area contributed by atoms with Crippen LogP contribution in [-0.2, 0) is 4.79 Å². The van der Waals surface area contributed by atoms with Crippen LogP contribution in [0.3, 0.4) is 0 Å². The number of fused-ring (bicyclic) bond motifs is 1. The van der Waals surface area contributed by atoms with E-state index < -0.39 is 0 Å². The summed E-state index contributed by atoms with van der Waals surface area (Å²) in [6, 6.07) is 17.5. The lowest BCUT2D eigenvalue weighted by Gasteiger charge is -2.08. The predicted molar refractivity (Wildman–Crippen MR) is 139 cm³/mol. The second-order valence-electron chi connectivity index (χ2n) is 8.62. The molecular formula is C28H25FN6O2. The average molecular weight is 497 g/mol. The molecule has 5 aromatic rings. The summed E-state index contributed by atoms with van der Waals surface area (Å²) in [5.74, 6) is -0.539. The Kier molecular flexibility index (Phi) is 6.76. The molecule has 3 heterocycles. The van der Waals surface area contributed by atoms with Crippen LogP contribution in [0.2, 0.25) is 0 Å². The van der Waals surface area contributed by atoms with Crippen molar-refractivity contribution in [1.82, 2.24) is 30.2 Å². The normalized spacial score (nSPS) is 11.0. The molecule has 0 saturated heterocycles. The molecule has 186 valence electrons. The van der Waals surface area contributed by atoms with Crippen molar-refractivity contribution in [3.8, 4) is 33.6 Å². The van der Waals surface area contributed by atoms with Crippen molar-refractivity contribution in [1.29, 1.82) is 0 Å². The van der Waals surface area contributed by atoms with Crippen molar-refractivity contribution < 1.29 is 14.0 Å². The van der Waals surface area contributed by atoms with Crippen molar-refractivity contribution in [3.63, 3.8) is 0 Å². The SMILES string of the molecule is CC(=O)NCCCNC(=O)c1ccc(-c2cnc3ccc(-c4cn[nH]c4-c4ccc(F)cc4)cn23)cc1. The Hall–Kier alpha value is -4.79. The molecule has 0 spiro atoms. The maximum atomic E-state index is 13.4. The second kappa shape index (κ2) is 10.4. The fourth-order valence-corrected chi connectivity index (χ4v) is 4.14. The number of H-pyrrole nitrogens is 1. The Morgan fingerprint density at radius 3 is 2.35 bits per heavy atom. The number of halogens is 1. The Labute approximate surface area is 212 Å². The zero-order chi connectivity index (χ0) is 25.8. The summed E-state index contributed by atoms with van der Waals surface area (Å²) in [7, 11) is 0. The van der Waals surface area contributed by atoms with E-state index in [0.29, 0.717) is 25.1 Å². The number of aromatic nitrogens is 4. The third-order valence-corrected chi connectivity index (χ3v) is 6.04. The third kappa shape index (κ3) is 5.25. The van der Waals surface area contributed by atoms with Crippen molar-refractivity contribution in [2.45, 2.75) is 13.3 Å². The minimum Gasteiger partial charge on any atom is -0.356 e. The van der Waals surface area contributed by atoms with Gasteiger partial charge in [-0.3, -0.25) is 19.1 Å². The number of carbonyl (C=O) groups excluding carboxylic acids is 2. The molecular weight excluding hydrogens is 471 g/mol. The lowest BCUT2D eigenvalue weighted by Crippen LogP contribution is -2.28. The van der Waals surface area contributed by atoms with E-state index in [1.54, 1.807) is 36.7 Å². The summed E-state index contributed by atoms with van der Waals surface area (Å²) < 4.78 is 15.4. The van der Waals surface area contributed by atoms with E-state index in [1.807, 2.05) is 34.9 Å². The summed E-state index contributed by atoms with van der Waals surface area (Å²) >= 11 is 0. The zero-order valence-electron chi connectivity index (χ0n) is 20.2. The third-order valence-electron chi connectivity index (χ3n) is 6.04. The van der Waals surface area contributed by atoms with E-state index in [2.05, 4.69) is 25.8 Å². The Bertz CT molecular complexity index is 1550. The quantitative estimate of drug-likeness (QED) is 0.276. The summed E-state index contributed by atoms with van der Waals surface area (Å²) in [5, 5.41) is 12.8. The number of hydrogen-bond acceptors (Lipinski definition) is 4. The lowest BCUT2D eigenvalue weighted by molar-refractivity contribution is -0.118. The number of hydrogen-bond donors (Lipinski definition) is 3. The molecule has 0 aliphatic carbocycles. The highest BCUT2D eigenvalue weighted by atomic mass is 19.1. The Balaban J connectivity index is 1.36. The topological polar surface area (TPSA) is 104 Å². The van der Waals surface area contributed by atoms with Gasteiger partial charge in [0.05, 0.1) is 23.8 Å². The van der Waals surface area contributed by atoms with Crippen molar-refractivity contribution in [3.05, 3.63) is 90.6 Å². The molecule has 3 N–H and O–H groups in total. The number of amides is 2. The molecule has 0 atom stereocenters. The van der Waals surface area contributed by atoms with Gasteiger partial charge in [-0.2, -0.15) is 5.10 Å². The van der Waals surface area contributed by atoms with Crippen LogP contribution in [-0.4, -0.2) is 44.5 Å². The Morgan fingerprint density at radius 2 is 1.59 bits per heavy atom. The van der Waals surface area contributed by atoms with E-state index in [1.165, 1.54) is 19.1 Å². The molecule has 8 nitrogen and oxygen atoms in total. The molecule has 5 rings (SSSR count). The lowest BCUT2D eigenvalue weighted by atomic mass is 10.0. The molecule has 2 aromatic carbocycles. The first-order chi connectivity index (χ1) is 18.0. The van der Waals surface area contributed by atoms with E-state index in [0.717, 1.165) is 39.3 Å². The molecule has 0 aliphatic rings. The van der Waals surface area contributed by atoms with Gasteiger partial charge in [-0.05, 0) is 55.0 Å². The van der Waals surface area contributed by atoms with Crippen molar-refractivity contribution >= 4 is 17.5 Å². The fourth-order valence-electron chi connectivity index (χ4n) is 4.14. The van der Waals surface area contributed by atoms with Gasteiger partial charge in [-0.1, -0.05) is 12.1 Å². The van der Waals surface area contributed by atoms with Crippen LogP contribution in [0.4, 0.5) is 4.39 Å². The van der Waals surface area contributed by atoms with Crippen LogP contribution < -0.4 is 10.6 Å². The standard InChI is InChI=1S/C28H25FN6O2/c1-18(36)30-13-2-14-31-28(37)21-5-3-19(4-6-21)25-16-32-26-12-9-22(17-35(25)26)24-15-33-34-27(24)20-7-10-23(29)11-8-20/h3-12,15-17H,2,13-14H2,1H3,(H,30,36)(H,31,37)(H,33,34). The number of benzene rings is 2. The highest BCUT2D eigenvalue weighted by Gasteiger charge is 2.13. The smallest absolute Gasteiger partial charge is 0.251 e. The predicted octanol–water partition coefficient (Wildman–Crippen LogP) is 4.45. The van der Waals surface area contributed by atoms with E-state index in [9.17, 15) is 14.0 Å². The molecule has 0 fully saturated rings. The van der Waals surface area contributed by atoms with Gasteiger partial charge >= 0.3 is 0 Å². The van der Waals surface area contributed by atoms with Crippen LogP contribution >= 0.6 is 0 Å². The molecule has 9 heteroatoms. The van der Waals surface area contributed by atoms with Gasteiger partial charge in [-0.15, -0.1) is 0 Å². The summed E-state index contributed by atoms with van der Waals surface area (Å²) in [6.45, 7) is 2.47. The monoisotopic (exact) mass is 496 g/mol. The van der Waals surface area contributed by atoms with E-state index in [4.69, 9.17) is 0 Å². The number of rotatable bonds is 8. The first kappa shape index (κ1) is 23.9. The maximum absolute atomic E-state index is 13.4. The van der Waals surface area contributed by atoms with Crippen LogP contribution in [0.25, 0.3) is 39.3 Å². The highest BCUT2D eigenvalue weighted by molar-refractivity contribution is 5.94. The van der Waals surface area contributed by atoms with Crippen LogP contribution in [0, 0.1) is 5.82 Å².